The van der Waals surface area contributed by atoms with Crippen LogP contribution in [0.3, 0.4) is 0 Å². The minimum atomic E-state index is 0.649. The fourth-order valence-electron chi connectivity index (χ4n) is 1.67. The van der Waals surface area contributed by atoms with Gasteiger partial charge >= 0.3 is 0 Å². The molecule has 1 unspecified atom stereocenters. The maximum atomic E-state index is 3.56. The van der Waals surface area contributed by atoms with Gasteiger partial charge < -0.3 is 10.2 Å². The van der Waals surface area contributed by atoms with E-state index in [2.05, 4.69) is 36.5 Å². The van der Waals surface area contributed by atoms with Crippen molar-refractivity contribution in [3.05, 3.63) is 12.2 Å². The number of rotatable bonds is 5. The van der Waals surface area contributed by atoms with Crippen molar-refractivity contribution >= 4 is 0 Å². The van der Waals surface area contributed by atoms with Crippen molar-refractivity contribution in [2.45, 2.75) is 31.7 Å². The molecule has 1 rings (SSSR count). The Morgan fingerprint density at radius 2 is 2.31 bits per heavy atom. The van der Waals surface area contributed by atoms with Gasteiger partial charge in [-0.05, 0) is 52.9 Å². The van der Waals surface area contributed by atoms with Gasteiger partial charge in [0, 0.05) is 6.04 Å². The summed E-state index contributed by atoms with van der Waals surface area (Å²) >= 11 is 0. The van der Waals surface area contributed by atoms with Crippen molar-refractivity contribution in [1.82, 2.24) is 10.2 Å². The van der Waals surface area contributed by atoms with Crippen LogP contribution in [0.1, 0.15) is 25.7 Å². The van der Waals surface area contributed by atoms with E-state index in [1.54, 1.807) is 0 Å². The number of allylic oxidation sites excluding steroid dienone is 1. The van der Waals surface area contributed by atoms with E-state index in [4.69, 9.17) is 0 Å². The third kappa shape index (κ3) is 5.06. The first kappa shape index (κ1) is 10.7. The largest absolute Gasteiger partial charge is 0.310 e. The van der Waals surface area contributed by atoms with E-state index in [0.29, 0.717) is 6.04 Å². The monoisotopic (exact) mass is 182 g/mol. The van der Waals surface area contributed by atoms with Crippen molar-refractivity contribution in [2.75, 3.05) is 27.2 Å². The van der Waals surface area contributed by atoms with Gasteiger partial charge in [0.15, 0.2) is 0 Å². The normalized spacial score (nSPS) is 22.5. The summed E-state index contributed by atoms with van der Waals surface area (Å²) in [5, 5.41) is 3.56. The van der Waals surface area contributed by atoms with Crippen LogP contribution in [-0.4, -0.2) is 38.1 Å². The summed E-state index contributed by atoms with van der Waals surface area (Å²) < 4.78 is 0. The minimum absolute atomic E-state index is 0.649. The lowest BCUT2D eigenvalue weighted by Gasteiger charge is -2.18. The highest BCUT2D eigenvalue weighted by Crippen LogP contribution is 2.09. The van der Waals surface area contributed by atoms with E-state index in [1.165, 1.54) is 32.2 Å². The summed E-state index contributed by atoms with van der Waals surface area (Å²) in [6, 6.07) is 0.649. The first-order chi connectivity index (χ1) is 6.29. The topological polar surface area (TPSA) is 15.3 Å². The van der Waals surface area contributed by atoms with Gasteiger partial charge in [-0.3, -0.25) is 0 Å². The van der Waals surface area contributed by atoms with Crippen LogP contribution in [0.15, 0.2) is 12.2 Å². The van der Waals surface area contributed by atoms with Gasteiger partial charge in [0.1, 0.15) is 0 Å². The fraction of sp³-hybridized carbons (Fsp3) is 0.818. The molecule has 0 aromatic heterocycles. The lowest BCUT2D eigenvalue weighted by Crippen LogP contribution is -2.30. The lowest BCUT2D eigenvalue weighted by molar-refractivity contribution is 0.387. The van der Waals surface area contributed by atoms with Crippen LogP contribution in [0.5, 0.6) is 0 Å². The van der Waals surface area contributed by atoms with Gasteiger partial charge in [0.25, 0.3) is 0 Å². The quantitative estimate of drug-likeness (QED) is 0.513. The van der Waals surface area contributed by atoms with E-state index in [0.717, 1.165) is 6.54 Å². The molecule has 0 amide bonds. The van der Waals surface area contributed by atoms with Crippen LogP contribution in [0.25, 0.3) is 0 Å². The molecule has 0 aromatic rings. The van der Waals surface area contributed by atoms with Gasteiger partial charge in [-0.15, -0.1) is 0 Å². The molecule has 2 heteroatoms. The zero-order valence-corrected chi connectivity index (χ0v) is 8.92. The van der Waals surface area contributed by atoms with Crippen molar-refractivity contribution in [3.8, 4) is 0 Å². The predicted molar refractivity (Wildman–Crippen MR) is 58.0 cm³/mol. The third-order valence-electron chi connectivity index (χ3n) is 2.44. The average Bonchev–Trinajstić information content (AvgIpc) is 2.14. The highest BCUT2D eigenvalue weighted by atomic mass is 15.1. The Bertz CT molecular complexity index is 152. The van der Waals surface area contributed by atoms with Crippen molar-refractivity contribution < 1.29 is 0 Å². The molecule has 0 bridgehead atoms. The standard InChI is InChI=1S/C11H22N2/c1-13(2)10-6-9-12-11-7-4-3-5-8-11/h4,7,11-12H,3,5-6,8-10H2,1-2H3. The third-order valence-corrected chi connectivity index (χ3v) is 2.44. The second kappa shape index (κ2) is 6.17. The fourth-order valence-corrected chi connectivity index (χ4v) is 1.67. The number of nitrogens with one attached hydrogen (secondary N) is 1. The summed E-state index contributed by atoms with van der Waals surface area (Å²) in [5.74, 6) is 0. The molecule has 0 spiro atoms. The molecule has 1 N–H and O–H groups in total. The summed E-state index contributed by atoms with van der Waals surface area (Å²) in [6.07, 6.45) is 9.81. The van der Waals surface area contributed by atoms with Crippen molar-refractivity contribution in [2.24, 2.45) is 0 Å². The molecule has 1 aliphatic carbocycles. The molecule has 0 saturated heterocycles. The number of nitrogens with zero attached hydrogens (tertiary/aromatic N) is 1. The van der Waals surface area contributed by atoms with E-state index in [9.17, 15) is 0 Å². The van der Waals surface area contributed by atoms with Crippen molar-refractivity contribution in [3.63, 3.8) is 0 Å². The van der Waals surface area contributed by atoms with Crippen molar-refractivity contribution in [1.29, 1.82) is 0 Å². The molecule has 0 heterocycles. The van der Waals surface area contributed by atoms with Gasteiger partial charge in [0.2, 0.25) is 0 Å². The van der Waals surface area contributed by atoms with Crippen LogP contribution in [-0.2, 0) is 0 Å². The Morgan fingerprint density at radius 3 is 2.92 bits per heavy atom. The van der Waals surface area contributed by atoms with E-state index < -0.39 is 0 Å². The summed E-state index contributed by atoms with van der Waals surface area (Å²) in [5.41, 5.74) is 0. The molecular weight excluding hydrogens is 160 g/mol. The van der Waals surface area contributed by atoms with Gasteiger partial charge in [0.05, 0.1) is 0 Å². The zero-order valence-electron chi connectivity index (χ0n) is 8.92. The molecule has 0 aliphatic heterocycles. The Labute approximate surface area is 82.0 Å². The van der Waals surface area contributed by atoms with Crippen LogP contribution in [0.4, 0.5) is 0 Å². The Morgan fingerprint density at radius 1 is 1.46 bits per heavy atom. The average molecular weight is 182 g/mol. The highest BCUT2D eigenvalue weighted by molar-refractivity contribution is 4.97. The molecule has 13 heavy (non-hydrogen) atoms. The Hall–Kier alpha value is -0.340. The number of hydrogen-bond donors (Lipinski definition) is 1. The van der Waals surface area contributed by atoms with E-state index >= 15 is 0 Å². The first-order valence-corrected chi connectivity index (χ1v) is 5.34. The lowest BCUT2D eigenvalue weighted by atomic mass is 10.0. The highest BCUT2D eigenvalue weighted by Gasteiger charge is 2.05. The maximum absolute atomic E-state index is 3.56. The Balaban J connectivity index is 1.98. The minimum Gasteiger partial charge on any atom is -0.310 e. The van der Waals surface area contributed by atoms with Gasteiger partial charge in [-0.1, -0.05) is 12.2 Å². The molecule has 76 valence electrons. The van der Waals surface area contributed by atoms with Gasteiger partial charge in [-0.2, -0.15) is 0 Å². The molecule has 0 aromatic carbocycles. The molecule has 0 radical (unpaired) electrons. The summed E-state index contributed by atoms with van der Waals surface area (Å²) in [6.45, 7) is 2.33. The predicted octanol–water partition coefficient (Wildman–Crippen LogP) is 1.64. The molecule has 1 aliphatic rings. The Kier molecular flexibility index (Phi) is 5.09. The first-order valence-electron chi connectivity index (χ1n) is 5.34. The van der Waals surface area contributed by atoms with Crippen LogP contribution in [0, 0.1) is 0 Å². The maximum Gasteiger partial charge on any atom is 0.0250 e. The molecule has 1 atom stereocenters. The molecule has 0 saturated carbocycles. The molecule has 0 fully saturated rings. The van der Waals surface area contributed by atoms with Crippen LogP contribution < -0.4 is 5.32 Å². The smallest absolute Gasteiger partial charge is 0.0250 e. The van der Waals surface area contributed by atoms with Gasteiger partial charge in [-0.25, -0.2) is 0 Å². The molecule has 2 nitrogen and oxygen atoms in total. The SMILES string of the molecule is CN(C)CCCNC1C=CCCC1. The summed E-state index contributed by atoms with van der Waals surface area (Å²) in [4.78, 5) is 2.23. The van der Waals surface area contributed by atoms with Crippen LogP contribution in [0.2, 0.25) is 0 Å². The second-order valence-electron chi connectivity index (χ2n) is 4.08. The summed E-state index contributed by atoms with van der Waals surface area (Å²) in [7, 11) is 4.25. The molecular formula is C11H22N2. The van der Waals surface area contributed by atoms with E-state index in [-0.39, 0.29) is 0 Å². The van der Waals surface area contributed by atoms with Crippen LogP contribution >= 0.6 is 0 Å². The zero-order chi connectivity index (χ0) is 9.52. The second-order valence-corrected chi connectivity index (χ2v) is 4.08. The number of hydrogen-bond acceptors (Lipinski definition) is 2. The van der Waals surface area contributed by atoms with E-state index in [1.807, 2.05) is 0 Å².